The number of rotatable bonds is 5. The Morgan fingerprint density at radius 3 is 2.40 bits per heavy atom. The fourth-order valence-electron chi connectivity index (χ4n) is 1.97. The van der Waals surface area contributed by atoms with Gasteiger partial charge in [0, 0.05) is 11.3 Å². The third kappa shape index (κ3) is 3.46. The molecule has 3 nitrogen and oxygen atoms in total. The maximum atomic E-state index is 8.75. The highest BCUT2D eigenvalue weighted by atomic mass is 32.2. The van der Waals surface area contributed by atoms with Crippen molar-refractivity contribution in [1.29, 1.82) is 5.26 Å². The number of nitriles is 1. The molecule has 0 N–H and O–H groups in total. The molecule has 0 fully saturated rings. The Morgan fingerprint density at radius 1 is 1.05 bits per heavy atom. The fraction of sp³-hybridized carbons (Fsp3) is 0.188. The lowest BCUT2D eigenvalue weighted by Crippen LogP contribution is -1.94. The number of ether oxygens (including phenoxy) is 2. The summed E-state index contributed by atoms with van der Waals surface area (Å²) in [6, 6.07) is 13.7. The average molecular weight is 285 g/mol. The molecule has 0 aliphatic rings. The minimum atomic E-state index is 0.757. The second-order valence-electron chi connectivity index (χ2n) is 4.19. The second kappa shape index (κ2) is 6.88. The fourth-order valence-corrected chi connectivity index (χ4v) is 2.42. The largest absolute Gasteiger partial charge is 0.497 e. The van der Waals surface area contributed by atoms with Crippen molar-refractivity contribution < 1.29 is 9.47 Å². The van der Waals surface area contributed by atoms with E-state index >= 15 is 0 Å². The van der Waals surface area contributed by atoms with Crippen LogP contribution < -0.4 is 9.47 Å². The van der Waals surface area contributed by atoms with Crippen LogP contribution in [0.25, 0.3) is 0 Å². The molecule has 102 valence electrons. The van der Waals surface area contributed by atoms with Crippen LogP contribution in [0, 0.1) is 10.7 Å². The molecule has 0 spiro atoms. The zero-order chi connectivity index (χ0) is 14.4. The maximum Gasteiger partial charge on any atom is 0.138 e. The van der Waals surface area contributed by atoms with Crippen molar-refractivity contribution in [2.75, 3.05) is 14.2 Å². The summed E-state index contributed by atoms with van der Waals surface area (Å²) in [5, 5.41) is 10.8. The van der Waals surface area contributed by atoms with Crippen molar-refractivity contribution in [3.05, 3.63) is 53.6 Å². The van der Waals surface area contributed by atoms with Gasteiger partial charge in [0.25, 0.3) is 0 Å². The highest BCUT2D eigenvalue weighted by Gasteiger charge is 2.06. The molecule has 0 aromatic heterocycles. The van der Waals surface area contributed by atoms with Crippen molar-refractivity contribution >= 4 is 11.8 Å². The van der Waals surface area contributed by atoms with Gasteiger partial charge in [0.1, 0.15) is 16.9 Å². The van der Waals surface area contributed by atoms with Crippen molar-refractivity contribution in [3.8, 4) is 16.9 Å². The topological polar surface area (TPSA) is 42.2 Å². The molecule has 2 rings (SSSR count). The van der Waals surface area contributed by atoms with E-state index in [9.17, 15) is 0 Å². The van der Waals surface area contributed by atoms with Crippen molar-refractivity contribution in [2.24, 2.45) is 0 Å². The monoisotopic (exact) mass is 285 g/mol. The van der Waals surface area contributed by atoms with E-state index in [-0.39, 0.29) is 0 Å². The number of nitrogens with zero attached hydrogens (tertiary/aromatic N) is 1. The third-order valence-electron chi connectivity index (χ3n) is 2.97. The minimum Gasteiger partial charge on any atom is -0.497 e. The van der Waals surface area contributed by atoms with Gasteiger partial charge in [-0.2, -0.15) is 5.26 Å². The Kier molecular flexibility index (Phi) is 4.91. The van der Waals surface area contributed by atoms with Gasteiger partial charge in [-0.3, -0.25) is 0 Å². The summed E-state index contributed by atoms with van der Waals surface area (Å²) in [5.41, 5.74) is 2.24. The summed E-state index contributed by atoms with van der Waals surface area (Å²) >= 11 is 1.16. The third-order valence-corrected chi connectivity index (χ3v) is 3.55. The van der Waals surface area contributed by atoms with E-state index < -0.39 is 0 Å². The number of thioether (sulfide) groups is 1. The van der Waals surface area contributed by atoms with Gasteiger partial charge in [0.2, 0.25) is 0 Å². The van der Waals surface area contributed by atoms with Crippen molar-refractivity contribution in [2.45, 2.75) is 11.3 Å². The molecule has 2 aromatic rings. The van der Waals surface area contributed by atoms with E-state index in [1.165, 1.54) is 5.56 Å². The first-order valence-corrected chi connectivity index (χ1v) is 6.94. The minimum absolute atomic E-state index is 0.757. The molecule has 20 heavy (non-hydrogen) atoms. The lowest BCUT2D eigenvalue weighted by Gasteiger charge is -2.10. The van der Waals surface area contributed by atoms with Gasteiger partial charge in [-0.15, -0.1) is 0 Å². The van der Waals surface area contributed by atoms with Gasteiger partial charge in [-0.1, -0.05) is 12.1 Å². The summed E-state index contributed by atoms with van der Waals surface area (Å²) in [4.78, 5) is 0.928. The number of thiocyanates is 1. The number of hydrogen-bond acceptors (Lipinski definition) is 4. The molecule has 0 unspecified atom stereocenters. The standard InChI is InChI=1S/C16H15NO2S/c1-18-14-5-3-12(4-6-14)9-13-10-15(20-11-17)7-8-16(13)19-2/h3-8,10H,9H2,1-2H3. The lowest BCUT2D eigenvalue weighted by atomic mass is 10.0. The Labute approximate surface area is 123 Å². The van der Waals surface area contributed by atoms with Crippen LogP contribution in [-0.4, -0.2) is 14.2 Å². The average Bonchev–Trinajstić information content (AvgIpc) is 2.49. The summed E-state index contributed by atoms with van der Waals surface area (Å²) in [6.45, 7) is 0. The Balaban J connectivity index is 2.25. The molecule has 2 aromatic carbocycles. The Morgan fingerprint density at radius 2 is 1.80 bits per heavy atom. The smallest absolute Gasteiger partial charge is 0.138 e. The molecule has 0 heterocycles. The molecule has 0 radical (unpaired) electrons. The maximum absolute atomic E-state index is 8.75. The predicted molar refractivity (Wildman–Crippen MR) is 80.3 cm³/mol. The zero-order valence-electron chi connectivity index (χ0n) is 11.4. The van der Waals surface area contributed by atoms with Gasteiger partial charge in [0.05, 0.1) is 14.2 Å². The second-order valence-corrected chi connectivity index (χ2v) is 5.05. The van der Waals surface area contributed by atoms with E-state index in [1.807, 2.05) is 42.5 Å². The Hall–Kier alpha value is -2.12. The van der Waals surface area contributed by atoms with Gasteiger partial charge >= 0.3 is 0 Å². The molecule has 0 aliphatic carbocycles. The van der Waals surface area contributed by atoms with Gasteiger partial charge in [-0.25, -0.2) is 0 Å². The first-order chi connectivity index (χ1) is 9.76. The van der Waals surface area contributed by atoms with Gasteiger partial charge in [-0.05, 0) is 53.2 Å². The van der Waals surface area contributed by atoms with Gasteiger partial charge < -0.3 is 9.47 Å². The van der Waals surface area contributed by atoms with Gasteiger partial charge in [0.15, 0.2) is 0 Å². The predicted octanol–water partition coefficient (Wildman–Crippen LogP) is 3.87. The normalized spacial score (nSPS) is 9.85. The summed E-state index contributed by atoms with van der Waals surface area (Å²) in [7, 11) is 3.31. The summed E-state index contributed by atoms with van der Waals surface area (Å²) in [5.74, 6) is 1.68. The molecule has 0 saturated carbocycles. The van der Waals surface area contributed by atoms with E-state index in [4.69, 9.17) is 14.7 Å². The van der Waals surface area contributed by atoms with Crippen molar-refractivity contribution in [3.63, 3.8) is 0 Å². The van der Waals surface area contributed by atoms with E-state index in [2.05, 4.69) is 5.40 Å². The molecular weight excluding hydrogens is 270 g/mol. The van der Waals surface area contributed by atoms with Crippen LogP contribution in [0.2, 0.25) is 0 Å². The molecule has 0 saturated heterocycles. The van der Waals surface area contributed by atoms with E-state index in [0.29, 0.717) is 0 Å². The van der Waals surface area contributed by atoms with Crippen LogP contribution >= 0.6 is 11.8 Å². The number of methoxy groups -OCH3 is 2. The van der Waals surface area contributed by atoms with Crippen LogP contribution in [0.3, 0.4) is 0 Å². The summed E-state index contributed by atoms with van der Waals surface area (Å²) < 4.78 is 10.5. The molecule has 0 amide bonds. The summed E-state index contributed by atoms with van der Waals surface area (Å²) in [6.07, 6.45) is 0.757. The lowest BCUT2D eigenvalue weighted by molar-refractivity contribution is 0.410. The first kappa shape index (κ1) is 14.3. The quantitative estimate of drug-likeness (QED) is 0.618. The highest BCUT2D eigenvalue weighted by Crippen LogP contribution is 2.27. The van der Waals surface area contributed by atoms with E-state index in [1.54, 1.807) is 14.2 Å². The van der Waals surface area contributed by atoms with Crippen LogP contribution in [0.5, 0.6) is 11.5 Å². The van der Waals surface area contributed by atoms with Crippen LogP contribution in [0.1, 0.15) is 11.1 Å². The molecule has 0 aliphatic heterocycles. The molecule has 0 atom stereocenters. The van der Waals surface area contributed by atoms with Crippen LogP contribution in [0.15, 0.2) is 47.4 Å². The van der Waals surface area contributed by atoms with Crippen LogP contribution in [0.4, 0.5) is 0 Å². The SMILES string of the molecule is COc1ccc(Cc2cc(SC#N)ccc2OC)cc1. The number of hydrogen-bond donors (Lipinski definition) is 0. The Bertz CT molecular complexity index is 617. The molecular formula is C16H15NO2S. The molecule has 0 bridgehead atoms. The van der Waals surface area contributed by atoms with E-state index in [0.717, 1.165) is 40.1 Å². The molecule has 4 heteroatoms. The zero-order valence-corrected chi connectivity index (χ0v) is 12.2. The first-order valence-electron chi connectivity index (χ1n) is 6.12. The highest BCUT2D eigenvalue weighted by molar-refractivity contribution is 8.03. The van der Waals surface area contributed by atoms with Crippen LogP contribution in [-0.2, 0) is 6.42 Å². The number of benzene rings is 2. The van der Waals surface area contributed by atoms with Crippen molar-refractivity contribution in [1.82, 2.24) is 0 Å².